The topological polar surface area (TPSA) is 80.0 Å². The number of rotatable bonds is 4. The van der Waals surface area contributed by atoms with Crippen molar-refractivity contribution < 1.29 is 0 Å². The number of guanidine groups is 1. The molecule has 0 radical (unpaired) electrons. The van der Waals surface area contributed by atoms with Crippen molar-refractivity contribution in [1.82, 2.24) is 30.4 Å². The van der Waals surface area contributed by atoms with Crippen LogP contribution < -0.4 is 10.6 Å². The van der Waals surface area contributed by atoms with E-state index in [1.165, 1.54) is 4.88 Å². The number of hydrogen-bond donors (Lipinski definition) is 2. The maximum Gasteiger partial charge on any atom is 0.191 e. The fourth-order valence-electron chi connectivity index (χ4n) is 3.06. The average molecular weight is 475 g/mol. The fraction of sp³-hybridized carbons (Fsp3) is 0.625. The highest BCUT2D eigenvalue weighted by atomic mass is 127. The summed E-state index contributed by atoms with van der Waals surface area (Å²) < 4.78 is 2.01. The highest BCUT2D eigenvalue weighted by Crippen LogP contribution is 2.22. The third-order valence-electron chi connectivity index (χ3n) is 4.16. The van der Waals surface area contributed by atoms with Crippen molar-refractivity contribution in [3.05, 3.63) is 27.2 Å². The van der Waals surface area contributed by atoms with Gasteiger partial charge in [0.25, 0.3) is 0 Å². The van der Waals surface area contributed by atoms with E-state index in [0.717, 1.165) is 60.7 Å². The van der Waals surface area contributed by atoms with Crippen LogP contribution in [0.25, 0.3) is 0 Å². The Bertz CT molecular complexity index is 737. The number of halogens is 1. The van der Waals surface area contributed by atoms with Crippen molar-refractivity contribution in [2.75, 3.05) is 13.6 Å². The lowest BCUT2D eigenvalue weighted by Gasteiger charge is -2.25. The van der Waals surface area contributed by atoms with Gasteiger partial charge in [-0.2, -0.15) is 5.10 Å². The van der Waals surface area contributed by atoms with Gasteiger partial charge in [0.1, 0.15) is 11.6 Å². The van der Waals surface area contributed by atoms with Crippen LogP contribution in [0.3, 0.4) is 0 Å². The lowest BCUT2D eigenvalue weighted by atomic mass is 10.1. The number of aromatic nitrogens is 4. The van der Waals surface area contributed by atoms with Crippen LogP contribution in [0.4, 0.5) is 0 Å². The average Bonchev–Trinajstić information content (AvgIpc) is 3.08. The van der Waals surface area contributed by atoms with Crippen molar-refractivity contribution in [3.63, 3.8) is 0 Å². The summed E-state index contributed by atoms with van der Waals surface area (Å²) in [5.74, 6) is 2.65. The third kappa shape index (κ3) is 4.90. The van der Waals surface area contributed by atoms with E-state index >= 15 is 0 Å². The molecule has 138 valence electrons. The molecular formula is C16H26IN7S. The maximum atomic E-state index is 4.56. The molecule has 9 heteroatoms. The molecule has 0 saturated carbocycles. The molecule has 3 rings (SSSR count). The van der Waals surface area contributed by atoms with Crippen molar-refractivity contribution in [1.29, 1.82) is 0 Å². The summed E-state index contributed by atoms with van der Waals surface area (Å²) in [5, 5.41) is 12.5. The predicted octanol–water partition coefficient (Wildman–Crippen LogP) is 2.52. The molecule has 2 aromatic rings. The number of nitrogens with zero attached hydrogens (tertiary/aromatic N) is 5. The van der Waals surface area contributed by atoms with E-state index in [4.69, 9.17) is 0 Å². The van der Waals surface area contributed by atoms with Crippen LogP contribution >= 0.6 is 35.3 Å². The van der Waals surface area contributed by atoms with E-state index in [0.29, 0.717) is 0 Å². The van der Waals surface area contributed by atoms with Crippen LogP contribution in [0.5, 0.6) is 0 Å². The van der Waals surface area contributed by atoms with E-state index < -0.39 is 0 Å². The molecular weight excluding hydrogens is 449 g/mol. The van der Waals surface area contributed by atoms with Crippen molar-refractivity contribution in [2.45, 2.75) is 52.6 Å². The maximum absolute atomic E-state index is 4.56. The van der Waals surface area contributed by atoms with E-state index in [1.807, 2.05) is 11.6 Å². The van der Waals surface area contributed by atoms with Crippen LogP contribution in [0.2, 0.25) is 0 Å². The minimum Gasteiger partial charge on any atom is -0.356 e. The van der Waals surface area contributed by atoms with Gasteiger partial charge in [0.15, 0.2) is 5.96 Å². The summed E-state index contributed by atoms with van der Waals surface area (Å²) in [5.41, 5.74) is 1.14. The normalized spacial score (nSPS) is 17.0. The van der Waals surface area contributed by atoms with E-state index in [-0.39, 0.29) is 30.0 Å². The first-order valence-corrected chi connectivity index (χ1v) is 9.20. The number of hydrogen-bond acceptors (Lipinski definition) is 5. The van der Waals surface area contributed by atoms with Crippen molar-refractivity contribution in [3.8, 4) is 0 Å². The first-order valence-electron chi connectivity index (χ1n) is 8.38. The minimum atomic E-state index is 0. The zero-order valence-electron chi connectivity index (χ0n) is 15.2. The monoisotopic (exact) mass is 475 g/mol. The Hall–Kier alpha value is -1.23. The van der Waals surface area contributed by atoms with E-state index in [9.17, 15) is 0 Å². The second kappa shape index (κ2) is 8.93. The molecule has 0 spiro atoms. The zero-order valence-corrected chi connectivity index (χ0v) is 18.3. The predicted molar refractivity (Wildman–Crippen MR) is 112 cm³/mol. The lowest BCUT2D eigenvalue weighted by Crippen LogP contribution is -2.42. The van der Waals surface area contributed by atoms with Gasteiger partial charge in [-0.15, -0.1) is 35.3 Å². The molecule has 0 bridgehead atoms. The summed E-state index contributed by atoms with van der Waals surface area (Å²) in [4.78, 5) is 14.7. The first kappa shape index (κ1) is 20.1. The Balaban J connectivity index is 0.00000225. The number of thiazole rings is 1. The Labute approximate surface area is 169 Å². The second-order valence-electron chi connectivity index (χ2n) is 6.07. The smallest absolute Gasteiger partial charge is 0.191 e. The van der Waals surface area contributed by atoms with Gasteiger partial charge < -0.3 is 10.6 Å². The van der Waals surface area contributed by atoms with Gasteiger partial charge in [-0.3, -0.25) is 4.99 Å². The molecule has 3 heterocycles. The molecule has 1 aliphatic heterocycles. The van der Waals surface area contributed by atoms with Crippen LogP contribution in [0.1, 0.15) is 46.1 Å². The molecule has 7 nitrogen and oxygen atoms in total. The zero-order chi connectivity index (χ0) is 17.1. The Morgan fingerprint density at radius 3 is 2.80 bits per heavy atom. The molecule has 0 aromatic carbocycles. The molecule has 0 fully saturated rings. The number of aliphatic imine (C=N–C) groups is 1. The number of fused-ring (bicyclic) bond motifs is 1. The molecule has 2 N–H and O–H groups in total. The quantitative estimate of drug-likeness (QED) is 0.404. The SMILES string of the molecule is CN=C(NCCc1sc(C)nc1C)NC1CCCn2nc(C)nc21.I. The van der Waals surface area contributed by atoms with Crippen LogP contribution in [0.15, 0.2) is 4.99 Å². The van der Waals surface area contributed by atoms with Gasteiger partial charge in [-0.05, 0) is 33.6 Å². The van der Waals surface area contributed by atoms with Crippen molar-refractivity contribution in [2.24, 2.45) is 4.99 Å². The van der Waals surface area contributed by atoms with Gasteiger partial charge in [0.2, 0.25) is 0 Å². The Morgan fingerprint density at radius 1 is 1.32 bits per heavy atom. The molecule has 2 aromatic heterocycles. The van der Waals surface area contributed by atoms with Crippen LogP contribution in [-0.4, -0.2) is 39.3 Å². The molecule has 1 atom stereocenters. The summed E-state index contributed by atoms with van der Waals surface area (Å²) in [6, 6.07) is 0.165. The molecule has 0 aliphatic carbocycles. The van der Waals surface area contributed by atoms with Gasteiger partial charge in [0.05, 0.1) is 16.7 Å². The Morgan fingerprint density at radius 2 is 2.12 bits per heavy atom. The summed E-state index contributed by atoms with van der Waals surface area (Å²) in [6.07, 6.45) is 3.10. The largest absolute Gasteiger partial charge is 0.356 e. The standard InChI is InChI=1S/C16H25N7S.HI/c1-10-14(24-12(3)19-10)7-8-18-16(17-4)21-13-6-5-9-23-15(13)20-11(2)22-23;/h13H,5-9H2,1-4H3,(H2,17,18,21);1H. The van der Waals surface area contributed by atoms with Crippen LogP contribution in [-0.2, 0) is 13.0 Å². The van der Waals surface area contributed by atoms with Gasteiger partial charge >= 0.3 is 0 Å². The minimum absolute atomic E-state index is 0. The Kier molecular flexibility index (Phi) is 7.17. The molecule has 0 saturated heterocycles. The summed E-state index contributed by atoms with van der Waals surface area (Å²) in [6.45, 7) is 7.85. The van der Waals surface area contributed by atoms with Gasteiger partial charge in [0, 0.05) is 31.4 Å². The van der Waals surface area contributed by atoms with Crippen molar-refractivity contribution >= 4 is 41.3 Å². The highest BCUT2D eigenvalue weighted by molar-refractivity contribution is 14.0. The summed E-state index contributed by atoms with van der Waals surface area (Å²) >= 11 is 1.77. The van der Waals surface area contributed by atoms with E-state index in [2.05, 4.69) is 44.5 Å². The summed E-state index contributed by atoms with van der Waals surface area (Å²) in [7, 11) is 1.80. The van der Waals surface area contributed by atoms with Gasteiger partial charge in [-0.25, -0.2) is 14.6 Å². The molecule has 1 unspecified atom stereocenters. The van der Waals surface area contributed by atoms with E-state index in [1.54, 1.807) is 18.4 Å². The molecule has 1 aliphatic rings. The molecule has 25 heavy (non-hydrogen) atoms. The highest BCUT2D eigenvalue weighted by Gasteiger charge is 2.24. The first-order chi connectivity index (χ1) is 11.6. The number of aryl methyl sites for hydroxylation is 4. The second-order valence-corrected chi connectivity index (χ2v) is 7.36. The lowest BCUT2D eigenvalue weighted by molar-refractivity contribution is 0.398. The number of nitrogens with one attached hydrogen (secondary N) is 2. The third-order valence-corrected chi connectivity index (χ3v) is 5.29. The van der Waals surface area contributed by atoms with Crippen LogP contribution in [0, 0.1) is 20.8 Å². The fourth-order valence-corrected chi connectivity index (χ4v) is 4.00. The van der Waals surface area contributed by atoms with Gasteiger partial charge in [-0.1, -0.05) is 0 Å². The molecule has 0 amide bonds.